The molecule has 2 N–H and O–H groups in total. The van der Waals surface area contributed by atoms with Gasteiger partial charge in [-0.1, -0.05) is 5.16 Å². The number of amides is 1. The third-order valence-corrected chi connectivity index (χ3v) is 7.00. The van der Waals surface area contributed by atoms with E-state index in [1.807, 2.05) is 30.9 Å². The second kappa shape index (κ2) is 11.6. The second-order valence-electron chi connectivity index (χ2n) is 10.2. The molecule has 2 atom stereocenters. The highest BCUT2D eigenvalue weighted by molar-refractivity contribution is 5.67. The summed E-state index contributed by atoms with van der Waals surface area (Å²) in [5.74, 6) is 0.110. The van der Waals surface area contributed by atoms with Crippen LogP contribution in [0.15, 0.2) is 41.1 Å². The molecule has 12 heteroatoms. The SMILES string of the molecule is CC(C)OC(=O)N1CCC(OCc2nc(-c3ccc(N4CC(N)C(c5cc(F)ccc5F)C4)nc3)no2)CC1. The molecule has 0 saturated carbocycles. The first kappa shape index (κ1) is 26.9. The zero-order chi connectivity index (χ0) is 27.5. The third kappa shape index (κ3) is 6.34. The van der Waals surface area contributed by atoms with E-state index in [0.717, 1.165) is 12.1 Å². The van der Waals surface area contributed by atoms with Crippen molar-refractivity contribution in [1.29, 1.82) is 0 Å². The Morgan fingerprint density at radius 2 is 1.97 bits per heavy atom. The minimum Gasteiger partial charge on any atom is -0.447 e. The standard InChI is InChI=1S/C27H32F2N6O4/c1-16(2)38-27(36)34-9-7-19(8-10-34)37-15-25-32-26(33-39-25)17-3-6-24(31-12-17)35-13-21(23(30)14-35)20-11-18(28)4-5-22(20)29/h3-6,11-12,16,19,21,23H,7-10,13-15,30H2,1-2H3. The van der Waals surface area contributed by atoms with Gasteiger partial charge in [0.2, 0.25) is 5.82 Å². The molecule has 10 nitrogen and oxygen atoms in total. The zero-order valence-corrected chi connectivity index (χ0v) is 21.9. The number of nitrogens with zero attached hydrogens (tertiary/aromatic N) is 5. The summed E-state index contributed by atoms with van der Waals surface area (Å²) in [5, 5.41) is 4.04. The lowest BCUT2D eigenvalue weighted by Gasteiger charge is -2.31. The first-order chi connectivity index (χ1) is 18.8. The summed E-state index contributed by atoms with van der Waals surface area (Å²) in [7, 11) is 0. The predicted octanol–water partition coefficient (Wildman–Crippen LogP) is 3.87. The molecular weight excluding hydrogens is 510 g/mol. The van der Waals surface area contributed by atoms with Gasteiger partial charge < -0.3 is 29.5 Å². The number of rotatable bonds is 7. The van der Waals surface area contributed by atoms with Crippen LogP contribution in [0.25, 0.3) is 11.4 Å². The van der Waals surface area contributed by atoms with Crippen LogP contribution in [0.4, 0.5) is 19.4 Å². The number of benzene rings is 1. The van der Waals surface area contributed by atoms with Gasteiger partial charge >= 0.3 is 6.09 Å². The Morgan fingerprint density at radius 3 is 2.69 bits per heavy atom. The topological polar surface area (TPSA) is 120 Å². The average molecular weight is 543 g/mol. The van der Waals surface area contributed by atoms with Crippen LogP contribution >= 0.6 is 0 Å². The Bertz CT molecular complexity index is 1280. The van der Waals surface area contributed by atoms with Gasteiger partial charge in [-0.2, -0.15) is 4.98 Å². The van der Waals surface area contributed by atoms with Gasteiger partial charge in [-0.25, -0.2) is 18.6 Å². The third-order valence-electron chi connectivity index (χ3n) is 7.00. The summed E-state index contributed by atoms with van der Waals surface area (Å²) >= 11 is 0. The molecular formula is C27H32F2N6O4. The predicted molar refractivity (Wildman–Crippen MR) is 138 cm³/mol. The molecule has 5 rings (SSSR count). The molecule has 2 fully saturated rings. The van der Waals surface area contributed by atoms with Crippen molar-refractivity contribution in [2.75, 3.05) is 31.1 Å². The number of piperidine rings is 1. The van der Waals surface area contributed by atoms with E-state index in [2.05, 4.69) is 15.1 Å². The molecule has 2 aliphatic rings. The second-order valence-corrected chi connectivity index (χ2v) is 10.2. The summed E-state index contributed by atoms with van der Waals surface area (Å²) in [6.45, 7) is 5.86. The van der Waals surface area contributed by atoms with E-state index in [1.54, 1.807) is 11.1 Å². The number of carbonyl (C=O) groups excluding carboxylic acids is 1. The van der Waals surface area contributed by atoms with Gasteiger partial charge in [0.1, 0.15) is 24.1 Å². The van der Waals surface area contributed by atoms with Gasteiger partial charge in [0.15, 0.2) is 0 Å². The number of anilines is 1. The van der Waals surface area contributed by atoms with Crippen LogP contribution in [-0.4, -0.2) is 70.5 Å². The quantitative estimate of drug-likeness (QED) is 0.474. The van der Waals surface area contributed by atoms with E-state index in [-0.39, 0.29) is 42.4 Å². The fraction of sp³-hybridized carbons (Fsp3) is 0.481. The number of pyridine rings is 1. The van der Waals surface area contributed by atoms with Crippen molar-refractivity contribution in [3.63, 3.8) is 0 Å². The van der Waals surface area contributed by atoms with Crippen molar-refractivity contribution in [2.45, 2.75) is 57.5 Å². The van der Waals surface area contributed by atoms with Crippen molar-refractivity contribution in [3.8, 4) is 11.4 Å². The van der Waals surface area contributed by atoms with Crippen LogP contribution in [0.2, 0.25) is 0 Å². The summed E-state index contributed by atoms with van der Waals surface area (Å²) in [6.07, 6.45) is 2.59. The van der Waals surface area contributed by atoms with Gasteiger partial charge in [0.25, 0.3) is 5.89 Å². The van der Waals surface area contributed by atoms with Crippen molar-refractivity contribution >= 4 is 11.9 Å². The Labute approximate surface area is 225 Å². The molecule has 0 aliphatic carbocycles. The lowest BCUT2D eigenvalue weighted by molar-refractivity contribution is -0.0147. The monoisotopic (exact) mass is 542 g/mol. The molecule has 2 unspecified atom stereocenters. The normalized spacial score (nSPS) is 20.2. The maximum Gasteiger partial charge on any atom is 0.410 e. The molecule has 1 aromatic carbocycles. The maximum atomic E-state index is 14.3. The highest BCUT2D eigenvalue weighted by atomic mass is 19.1. The Balaban J connectivity index is 1.13. The lowest BCUT2D eigenvalue weighted by Crippen LogP contribution is -2.41. The molecule has 208 valence electrons. The van der Waals surface area contributed by atoms with Gasteiger partial charge in [-0.05, 0) is 62.6 Å². The highest BCUT2D eigenvalue weighted by Crippen LogP contribution is 2.32. The van der Waals surface area contributed by atoms with Crippen LogP contribution in [0, 0.1) is 11.6 Å². The van der Waals surface area contributed by atoms with Crippen LogP contribution < -0.4 is 10.6 Å². The maximum absolute atomic E-state index is 14.3. The number of ether oxygens (including phenoxy) is 2. The summed E-state index contributed by atoms with van der Waals surface area (Å²) in [6, 6.07) is 6.73. The van der Waals surface area contributed by atoms with Crippen LogP contribution in [0.1, 0.15) is 44.1 Å². The van der Waals surface area contributed by atoms with E-state index in [4.69, 9.17) is 19.7 Å². The molecule has 1 amide bonds. The average Bonchev–Trinajstić information content (AvgIpc) is 3.56. The molecule has 0 radical (unpaired) electrons. The van der Waals surface area contributed by atoms with Gasteiger partial charge in [0.05, 0.1) is 12.2 Å². The van der Waals surface area contributed by atoms with Gasteiger partial charge in [-0.3, -0.25) is 0 Å². The van der Waals surface area contributed by atoms with E-state index in [1.165, 1.54) is 6.07 Å². The summed E-state index contributed by atoms with van der Waals surface area (Å²) in [5.41, 5.74) is 7.22. The number of likely N-dealkylation sites (tertiary alicyclic amines) is 1. The van der Waals surface area contributed by atoms with Gasteiger partial charge in [-0.15, -0.1) is 0 Å². The highest BCUT2D eigenvalue weighted by Gasteiger charge is 2.34. The largest absolute Gasteiger partial charge is 0.447 e. The van der Waals surface area contributed by atoms with Crippen LogP contribution in [-0.2, 0) is 16.1 Å². The number of carbonyl (C=O) groups is 1. The summed E-state index contributed by atoms with van der Waals surface area (Å²) in [4.78, 5) is 24.6. The molecule has 3 aromatic rings. The van der Waals surface area contributed by atoms with Gasteiger partial charge in [0, 0.05) is 49.9 Å². The molecule has 0 spiro atoms. The van der Waals surface area contributed by atoms with Crippen LogP contribution in [0.5, 0.6) is 0 Å². The minimum absolute atomic E-state index is 0.0130. The molecule has 2 saturated heterocycles. The summed E-state index contributed by atoms with van der Waals surface area (Å²) < 4.78 is 44.5. The number of aromatic nitrogens is 3. The fourth-order valence-electron chi connectivity index (χ4n) is 4.95. The first-order valence-corrected chi connectivity index (χ1v) is 13.1. The lowest BCUT2D eigenvalue weighted by atomic mass is 9.94. The zero-order valence-electron chi connectivity index (χ0n) is 21.9. The Kier molecular flexibility index (Phi) is 8.03. The van der Waals surface area contributed by atoms with Crippen molar-refractivity contribution in [3.05, 3.63) is 59.6 Å². The van der Waals surface area contributed by atoms with E-state index < -0.39 is 11.6 Å². The van der Waals surface area contributed by atoms with Crippen molar-refractivity contribution in [2.24, 2.45) is 5.73 Å². The van der Waals surface area contributed by atoms with Crippen LogP contribution in [0.3, 0.4) is 0 Å². The Hall–Kier alpha value is -3.64. The van der Waals surface area contributed by atoms with Crippen molar-refractivity contribution < 1.29 is 27.6 Å². The molecule has 2 aliphatic heterocycles. The number of hydrogen-bond donors (Lipinski definition) is 1. The van der Waals surface area contributed by atoms with E-state index in [0.29, 0.717) is 62.1 Å². The van der Waals surface area contributed by atoms with E-state index in [9.17, 15) is 13.6 Å². The molecule has 0 bridgehead atoms. The number of nitrogens with two attached hydrogens (primary N) is 1. The Morgan fingerprint density at radius 1 is 1.18 bits per heavy atom. The first-order valence-electron chi connectivity index (χ1n) is 13.1. The molecule has 4 heterocycles. The fourth-order valence-corrected chi connectivity index (χ4v) is 4.95. The number of halogens is 2. The number of hydrogen-bond acceptors (Lipinski definition) is 9. The minimum atomic E-state index is -0.488. The molecule has 2 aromatic heterocycles. The molecule has 39 heavy (non-hydrogen) atoms. The van der Waals surface area contributed by atoms with E-state index >= 15 is 0 Å². The van der Waals surface area contributed by atoms with Crippen molar-refractivity contribution in [1.82, 2.24) is 20.0 Å². The smallest absolute Gasteiger partial charge is 0.410 e.